The van der Waals surface area contributed by atoms with E-state index in [0.29, 0.717) is 6.42 Å². The molecule has 4 heteroatoms. The van der Waals surface area contributed by atoms with Gasteiger partial charge in [0.25, 0.3) is 0 Å². The predicted octanol–water partition coefficient (Wildman–Crippen LogP) is 2.69. The minimum absolute atomic E-state index is 0.0161. The Morgan fingerprint density at radius 1 is 1.37 bits per heavy atom. The van der Waals surface area contributed by atoms with Gasteiger partial charge in [0.05, 0.1) is 7.11 Å². The van der Waals surface area contributed by atoms with Gasteiger partial charge >= 0.3 is 0 Å². The van der Waals surface area contributed by atoms with E-state index in [-0.39, 0.29) is 11.4 Å². The van der Waals surface area contributed by atoms with Crippen LogP contribution in [0.15, 0.2) is 24.3 Å². The summed E-state index contributed by atoms with van der Waals surface area (Å²) in [6, 6.07) is 7.36. The van der Waals surface area contributed by atoms with Gasteiger partial charge in [0.1, 0.15) is 5.75 Å². The first-order chi connectivity index (χ1) is 9.11. The van der Waals surface area contributed by atoms with Gasteiger partial charge in [0.15, 0.2) is 0 Å². The zero-order valence-electron chi connectivity index (χ0n) is 11.4. The summed E-state index contributed by atoms with van der Waals surface area (Å²) >= 11 is 0. The molecule has 0 radical (unpaired) electrons. The summed E-state index contributed by atoms with van der Waals surface area (Å²) in [7, 11) is 1.61. The number of hydrogen-bond donors (Lipinski definition) is 2. The van der Waals surface area contributed by atoms with Crippen molar-refractivity contribution in [1.82, 2.24) is 0 Å². The number of methoxy groups -OCH3 is 1. The largest absolute Gasteiger partial charge is 0.497 e. The number of nitrogens with one attached hydrogen (secondary N) is 1. The molecule has 1 amide bonds. The molecular weight excluding hydrogens is 240 g/mol. The quantitative estimate of drug-likeness (QED) is 0.876. The van der Waals surface area contributed by atoms with Crippen LogP contribution in [0.3, 0.4) is 0 Å². The van der Waals surface area contributed by atoms with Crippen LogP contribution in [0, 0.1) is 0 Å². The van der Waals surface area contributed by atoms with Crippen LogP contribution in [0.1, 0.15) is 38.5 Å². The predicted molar refractivity (Wildman–Crippen MR) is 76.2 cm³/mol. The molecular formula is C15H22N2O2. The third-order valence-corrected chi connectivity index (χ3v) is 3.72. The molecule has 19 heavy (non-hydrogen) atoms. The monoisotopic (exact) mass is 262 g/mol. The van der Waals surface area contributed by atoms with Crippen molar-refractivity contribution >= 4 is 11.6 Å². The number of anilines is 1. The van der Waals surface area contributed by atoms with Crippen molar-refractivity contribution in [3.8, 4) is 5.75 Å². The highest BCUT2D eigenvalue weighted by Crippen LogP contribution is 2.29. The molecule has 1 aliphatic rings. The van der Waals surface area contributed by atoms with Crippen molar-refractivity contribution < 1.29 is 9.53 Å². The van der Waals surface area contributed by atoms with Crippen LogP contribution in [0.5, 0.6) is 5.75 Å². The van der Waals surface area contributed by atoms with E-state index in [0.717, 1.165) is 37.1 Å². The highest BCUT2D eigenvalue weighted by Gasteiger charge is 2.29. The zero-order valence-corrected chi connectivity index (χ0v) is 11.4. The molecule has 0 heterocycles. The van der Waals surface area contributed by atoms with Crippen molar-refractivity contribution in [2.45, 2.75) is 44.1 Å². The van der Waals surface area contributed by atoms with Gasteiger partial charge in [-0.15, -0.1) is 0 Å². The molecule has 0 atom stereocenters. The lowest BCUT2D eigenvalue weighted by Gasteiger charge is -2.32. The molecule has 1 aromatic rings. The third kappa shape index (κ3) is 3.96. The lowest BCUT2D eigenvalue weighted by atomic mass is 9.80. The van der Waals surface area contributed by atoms with Gasteiger partial charge in [-0.2, -0.15) is 0 Å². The smallest absolute Gasteiger partial charge is 0.226 e. The van der Waals surface area contributed by atoms with Gasteiger partial charge < -0.3 is 15.8 Å². The second kappa shape index (κ2) is 6.06. The first kappa shape index (κ1) is 13.9. The van der Waals surface area contributed by atoms with Crippen LogP contribution in [0.4, 0.5) is 5.69 Å². The number of amides is 1. The number of ether oxygens (including phenoxy) is 1. The normalized spacial score (nSPS) is 17.8. The fraction of sp³-hybridized carbons (Fsp3) is 0.533. The summed E-state index contributed by atoms with van der Waals surface area (Å²) < 4.78 is 5.13. The van der Waals surface area contributed by atoms with Crippen molar-refractivity contribution in [1.29, 1.82) is 0 Å². The average Bonchev–Trinajstić information content (AvgIpc) is 2.39. The van der Waals surface area contributed by atoms with Gasteiger partial charge in [-0.25, -0.2) is 0 Å². The molecule has 1 aliphatic carbocycles. The first-order valence-corrected chi connectivity index (χ1v) is 6.84. The Labute approximate surface area is 114 Å². The van der Waals surface area contributed by atoms with Crippen LogP contribution < -0.4 is 15.8 Å². The average molecular weight is 262 g/mol. The second-order valence-corrected chi connectivity index (χ2v) is 5.38. The molecule has 0 spiro atoms. The van der Waals surface area contributed by atoms with E-state index < -0.39 is 0 Å². The van der Waals surface area contributed by atoms with Crippen LogP contribution in [0.25, 0.3) is 0 Å². The molecule has 0 aliphatic heterocycles. The Bertz CT molecular complexity index is 440. The number of nitrogens with two attached hydrogens (primary N) is 1. The van der Waals surface area contributed by atoms with Crippen molar-refractivity contribution in [3.05, 3.63) is 24.3 Å². The molecule has 0 aromatic heterocycles. The van der Waals surface area contributed by atoms with Gasteiger partial charge in [0.2, 0.25) is 5.91 Å². The lowest BCUT2D eigenvalue weighted by Crippen LogP contribution is -2.44. The second-order valence-electron chi connectivity index (χ2n) is 5.38. The Kier molecular flexibility index (Phi) is 4.43. The summed E-state index contributed by atoms with van der Waals surface area (Å²) in [6.07, 6.45) is 5.77. The molecule has 3 N–H and O–H groups in total. The lowest BCUT2D eigenvalue weighted by molar-refractivity contribution is -0.117. The van der Waals surface area contributed by atoms with Crippen molar-refractivity contribution in [3.63, 3.8) is 0 Å². The Hall–Kier alpha value is -1.55. The van der Waals surface area contributed by atoms with Gasteiger partial charge in [-0.3, -0.25) is 4.79 Å². The van der Waals surface area contributed by atoms with Crippen molar-refractivity contribution in [2.24, 2.45) is 5.73 Å². The highest BCUT2D eigenvalue weighted by molar-refractivity contribution is 5.91. The van der Waals surface area contributed by atoms with Gasteiger partial charge in [-0.1, -0.05) is 25.3 Å². The van der Waals surface area contributed by atoms with Crippen LogP contribution in [0.2, 0.25) is 0 Å². The minimum Gasteiger partial charge on any atom is -0.497 e. The molecule has 2 rings (SSSR count). The Morgan fingerprint density at radius 3 is 2.79 bits per heavy atom. The minimum atomic E-state index is -0.318. The number of carbonyl (C=O) groups is 1. The maximum Gasteiger partial charge on any atom is 0.226 e. The number of carbonyl (C=O) groups excluding carboxylic acids is 1. The number of hydrogen-bond acceptors (Lipinski definition) is 3. The fourth-order valence-corrected chi connectivity index (χ4v) is 2.66. The van der Waals surface area contributed by atoms with Crippen LogP contribution >= 0.6 is 0 Å². The molecule has 0 saturated heterocycles. The Balaban J connectivity index is 1.93. The zero-order chi connectivity index (χ0) is 13.7. The van der Waals surface area contributed by atoms with E-state index in [1.807, 2.05) is 24.3 Å². The van der Waals surface area contributed by atoms with Crippen LogP contribution in [-0.4, -0.2) is 18.6 Å². The molecule has 104 valence electrons. The van der Waals surface area contributed by atoms with E-state index >= 15 is 0 Å². The van der Waals surface area contributed by atoms with E-state index in [9.17, 15) is 4.79 Å². The van der Waals surface area contributed by atoms with E-state index in [1.54, 1.807) is 7.11 Å². The summed E-state index contributed by atoms with van der Waals surface area (Å²) in [5.41, 5.74) is 6.72. The molecule has 1 aromatic carbocycles. The molecule has 1 fully saturated rings. The van der Waals surface area contributed by atoms with Gasteiger partial charge in [0, 0.05) is 23.7 Å². The van der Waals surface area contributed by atoms with Gasteiger partial charge in [-0.05, 0) is 25.0 Å². The maximum atomic E-state index is 12.1. The maximum absolute atomic E-state index is 12.1. The SMILES string of the molecule is COc1cccc(NC(=O)CC2(N)CCCCC2)c1. The van der Waals surface area contributed by atoms with E-state index in [2.05, 4.69) is 5.32 Å². The summed E-state index contributed by atoms with van der Waals surface area (Å²) in [5.74, 6) is 0.718. The fourth-order valence-electron chi connectivity index (χ4n) is 2.66. The summed E-state index contributed by atoms with van der Waals surface area (Å²) in [5, 5.41) is 2.89. The van der Waals surface area contributed by atoms with E-state index in [4.69, 9.17) is 10.5 Å². The molecule has 0 unspecified atom stereocenters. The molecule has 1 saturated carbocycles. The molecule has 4 nitrogen and oxygen atoms in total. The number of rotatable bonds is 4. The molecule has 0 bridgehead atoms. The highest BCUT2D eigenvalue weighted by atomic mass is 16.5. The Morgan fingerprint density at radius 2 is 2.11 bits per heavy atom. The summed E-state index contributed by atoms with van der Waals surface area (Å²) in [4.78, 5) is 12.1. The first-order valence-electron chi connectivity index (χ1n) is 6.84. The van der Waals surface area contributed by atoms with Crippen LogP contribution in [-0.2, 0) is 4.79 Å². The number of benzene rings is 1. The summed E-state index contributed by atoms with van der Waals surface area (Å²) in [6.45, 7) is 0. The topological polar surface area (TPSA) is 64.3 Å². The van der Waals surface area contributed by atoms with Crippen molar-refractivity contribution in [2.75, 3.05) is 12.4 Å². The standard InChI is InChI=1S/C15H22N2O2/c1-19-13-7-5-6-12(10-13)17-14(18)11-15(16)8-3-2-4-9-15/h5-7,10H,2-4,8-9,11,16H2,1H3,(H,17,18). The van der Waals surface area contributed by atoms with E-state index in [1.165, 1.54) is 6.42 Å². The third-order valence-electron chi connectivity index (χ3n) is 3.72.